The van der Waals surface area contributed by atoms with Crippen molar-refractivity contribution in [3.63, 3.8) is 0 Å². The maximum atomic E-state index is 14.9. The molecule has 274 valence electrons. The van der Waals surface area contributed by atoms with Crippen LogP contribution in [0.1, 0.15) is 27.5 Å². The van der Waals surface area contributed by atoms with Crippen LogP contribution < -0.4 is 14.8 Å². The molecule has 1 aliphatic heterocycles. The smallest absolute Gasteiger partial charge is 0.417 e. The lowest BCUT2D eigenvalue weighted by Crippen LogP contribution is -2.47. The second-order valence-corrected chi connectivity index (χ2v) is 13.0. The third-order valence-corrected chi connectivity index (χ3v) is 9.37. The van der Waals surface area contributed by atoms with E-state index in [1.54, 1.807) is 24.3 Å². The highest BCUT2D eigenvalue weighted by Gasteiger charge is 2.44. The largest absolute Gasteiger partial charge is 0.489 e. The summed E-state index contributed by atoms with van der Waals surface area (Å²) in [5.41, 5.74) is 2.31. The molecule has 3 atom stereocenters. The molecule has 0 aromatic heterocycles. The molecule has 1 saturated heterocycles. The van der Waals surface area contributed by atoms with Gasteiger partial charge in [-0.15, -0.1) is 11.8 Å². The predicted molar refractivity (Wildman–Crippen MR) is 201 cm³/mol. The van der Waals surface area contributed by atoms with E-state index in [0.717, 1.165) is 22.2 Å². The molecule has 5 rings (SSSR count). The van der Waals surface area contributed by atoms with Crippen LogP contribution in [0.4, 0.5) is 14.9 Å². The maximum absolute atomic E-state index is 14.9. The van der Waals surface area contributed by atoms with Gasteiger partial charge < -0.3 is 24.3 Å². The van der Waals surface area contributed by atoms with Gasteiger partial charge in [-0.3, -0.25) is 9.59 Å². The Labute approximate surface area is 311 Å². The van der Waals surface area contributed by atoms with Gasteiger partial charge in [-0.25, -0.2) is 18.9 Å². The number of nitrogens with one attached hydrogen (secondary N) is 1. The zero-order valence-electron chi connectivity index (χ0n) is 28.9. The highest BCUT2D eigenvalue weighted by molar-refractivity contribution is 8.01. The highest BCUT2D eigenvalue weighted by atomic mass is 32.2. The lowest BCUT2D eigenvalue weighted by molar-refractivity contribution is -0.144. The summed E-state index contributed by atoms with van der Waals surface area (Å²) in [4.78, 5) is 54.9. The van der Waals surface area contributed by atoms with Crippen molar-refractivity contribution in [3.8, 4) is 11.5 Å². The molecule has 0 radical (unpaired) electrons. The fourth-order valence-electron chi connectivity index (χ4n) is 5.60. The molecule has 1 heterocycles. The van der Waals surface area contributed by atoms with Crippen LogP contribution in [0.3, 0.4) is 0 Å². The third kappa shape index (κ3) is 10.6. The first-order valence-electron chi connectivity index (χ1n) is 16.8. The minimum atomic E-state index is -1.12. The Hall–Kier alpha value is -5.88. The fourth-order valence-corrected chi connectivity index (χ4v) is 6.76. The van der Waals surface area contributed by atoms with Crippen molar-refractivity contribution in [1.29, 1.82) is 0 Å². The van der Waals surface area contributed by atoms with Gasteiger partial charge >= 0.3 is 12.1 Å². The average molecular weight is 739 g/mol. The fraction of sp³-hybridized carbons (Fsp3) is 0.220. The molecule has 10 nitrogen and oxygen atoms in total. The van der Waals surface area contributed by atoms with Gasteiger partial charge in [0.2, 0.25) is 5.91 Å². The quantitative estimate of drug-likeness (QED) is 0.0600. The van der Waals surface area contributed by atoms with Crippen molar-refractivity contribution in [2.75, 3.05) is 37.5 Å². The van der Waals surface area contributed by atoms with Crippen LogP contribution in [0.25, 0.3) is 0 Å². The molecule has 1 fully saturated rings. The van der Waals surface area contributed by atoms with Crippen molar-refractivity contribution in [1.82, 2.24) is 4.90 Å². The van der Waals surface area contributed by atoms with Gasteiger partial charge in [-0.2, -0.15) is 0 Å². The number of benzene rings is 4. The minimum absolute atomic E-state index is 0.00287. The van der Waals surface area contributed by atoms with E-state index in [2.05, 4.69) is 18.5 Å². The van der Waals surface area contributed by atoms with Gasteiger partial charge in [0.25, 0.3) is 0 Å². The third-order valence-electron chi connectivity index (χ3n) is 8.11. The number of imide groups is 1. The summed E-state index contributed by atoms with van der Waals surface area (Å²) in [6, 6.07) is 27.1. The molecule has 12 heteroatoms. The molecule has 1 aliphatic rings. The number of hydrogen-bond donors (Lipinski definition) is 1. The number of para-hydroxylation sites is 1. The summed E-state index contributed by atoms with van der Waals surface area (Å²) in [5.74, 6) is -1.61. The van der Waals surface area contributed by atoms with Gasteiger partial charge in [0, 0.05) is 22.9 Å². The van der Waals surface area contributed by atoms with E-state index in [4.69, 9.17) is 18.9 Å². The molecule has 0 bridgehead atoms. The lowest BCUT2D eigenvalue weighted by Gasteiger charge is -2.32. The number of thioether (sulfide) groups is 1. The lowest BCUT2D eigenvalue weighted by atomic mass is 9.99. The van der Waals surface area contributed by atoms with Gasteiger partial charge in [0.1, 0.15) is 42.4 Å². The summed E-state index contributed by atoms with van der Waals surface area (Å²) in [7, 11) is 0. The number of rotatable bonds is 19. The summed E-state index contributed by atoms with van der Waals surface area (Å²) in [6.07, 6.45) is 2.56. The standard InChI is InChI=1S/C41H39FN2O8S/c1-3-21-49-36-24-33(51-26-37(46)50-22-4-2)19-20-34(36)38(43-31-13-9-6-10-14-31)39(53-27-35(45)29-15-17-30(42)18-16-29)40(47)44-32(25-52-41(44)48)23-28-11-7-5-8-12-28/h3-20,24,32,38-39,43H,1-2,21-23,25-27H2/t32-,38+,39+/m0/s1. The Kier molecular flexibility index (Phi) is 13.8. The van der Waals surface area contributed by atoms with E-state index in [0.29, 0.717) is 23.4 Å². The molecule has 1 N–H and O–H groups in total. The van der Waals surface area contributed by atoms with E-state index in [1.807, 2.05) is 60.7 Å². The first-order valence-corrected chi connectivity index (χ1v) is 17.8. The number of ether oxygens (including phenoxy) is 4. The van der Waals surface area contributed by atoms with Crippen molar-refractivity contribution < 1.29 is 42.5 Å². The van der Waals surface area contributed by atoms with Crippen LogP contribution in [0.15, 0.2) is 128 Å². The predicted octanol–water partition coefficient (Wildman–Crippen LogP) is 7.23. The van der Waals surface area contributed by atoms with Gasteiger partial charge in [0.15, 0.2) is 12.4 Å². The molecule has 53 heavy (non-hydrogen) atoms. The Bertz CT molecular complexity index is 1890. The topological polar surface area (TPSA) is 120 Å². The summed E-state index contributed by atoms with van der Waals surface area (Å²) >= 11 is 1.03. The van der Waals surface area contributed by atoms with Crippen LogP contribution in [0.5, 0.6) is 11.5 Å². The SMILES string of the molecule is C=CCOC(=O)COc1ccc([C@@H](Nc2ccccc2)[C@@H](SCC(=O)c2ccc(F)cc2)C(=O)N2C(=O)OC[C@@H]2Cc2ccccc2)c(OCC=C)c1. The molecule has 0 aliphatic carbocycles. The Morgan fingerprint density at radius 2 is 1.62 bits per heavy atom. The Balaban J connectivity index is 1.56. The van der Waals surface area contributed by atoms with Crippen molar-refractivity contribution in [2.24, 2.45) is 0 Å². The molecule has 4 aromatic rings. The van der Waals surface area contributed by atoms with E-state index < -0.39 is 41.1 Å². The number of Topliss-reactive ketones (excluding diaryl/α,β-unsaturated/α-hetero) is 1. The van der Waals surface area contributed by atoms with Crippen molar-refractivity contribution >= 4 is 41.2 Å². The Morgan fingerprint density at radius 3 is 2.32 bits per heavy atom. The molecule has 0 unspecified atom stereocenters. The van der Waals surface area contributed by atoms with E-state index in [9.17, 15) is 23.6 Å². The summed E-state index contributed by atoms with van der Waals surface area (Å²) in [5, 5.41) is 2.33. The van der Waals surface area contributed by atoms with Gasteiger partial charge in [-0.1, -0.05) is 73.8 Å². The van der Waals surface area contributed by atoms with E-state index in [1.165, 1.54) is 30.3 Å². The molecule has 2 amide bonds. The molecule has 4 aromatic carbocycles. The number of nitrogens with zero attached hydrogens (tertiary/aromatic N) is 1. The Morgan fingerprint density at radius 1 is 0.925 bits per heavy atom. The number of cyclic esters (lactones) is 1. The van der Waals surface area contributed by atoms with Crippen molar-refractivity contribution in [2.45, 2.75) is 23.8 Å². The van der Waals surface area contributed by atoms with E-state index in [-0.39, 0.29) is 49.3 Å². The summed E-state index contributed by atoms with van der Waals surface area (Å²) in [6.45, 7) is 7.04. The van der Waals surface area contributed by atoms with Crippen LogP contribution in [0, 0.1) is 5.82 Å². The van der Waals surface area contributed by atoms with Crippen molar-refractivity contribution in [3.05, 3.63) is 151 Å². The van der Waals surface area contributed by atoms with Crippen LogP contribution >= 0.6 is 11.8 Å². The summed E-state index contributed by atoms with van der Waals surface area (Å²) < 4.78 is 35.9. The highest BCUT2D eigenvalue weighted by Crippen LogP contribution is 2.39. The van der Waals surface area contributed by atoms with Gasteiger partial charge in [0.05, 0.1) is 17.8 Å². The molecule has 0 saturated carbocycles. The molecule has 0 spiro atoms. The first kappa shape index (κ1) is 38.4. The number of halogens is 1. The first-order chi connectivity index (χ1) is 25.8. The van der Waals surface area contributed by atoms with Gasteiger partial charge in [-0.05, 0) is 60.5 Å². The molecular formula is C41H39FN2O8S. The van der Waals surface area contributed by atoms with Crippen LogP contribution in [-0.2, 0) is 25.5 Å². The zero-order chi connectivity index (χ0) is 37.6. The number of carbonyl (C=O) groups excluding carboxylic acids is 4. The monoisotopic (exact) mass is 738 g/mol. The van der Waals surface area contributed by atoms with Crippen LogP contribution in [-0.4, -0.2) is 72.1 Å². The zero-order valence-corrected chi connectivity index (χ0v) is 29.7. The number of anilines is 1. The second kappa shape index (κ2) is 19.1. The second-order valence-electron chi connectivity index (χ2n) is 11.8. The van der Waals surface area contributed by atoms with Crippen LogP contribution in [0.2, 0.25) is 0 Å². The number of esters is 1. The number of ketones is 1. The molecular weight excluding hydrogens is 700 g/mol. The minimum Gasteiger partial charge on any atom is -0.489 e. The number of hydrogen-bond acceptors (Lipinski definition) is 10. The number of amides is 2. The maximum Gasteiger partial charge on any atom is 0.417 e. The van der Waals surface area contributed by atoms with E-state index >= 15 is 0 Å². The average Bonchev–Trinajstić information content (AvgIpc) is 3.54. The number of carbonyl (C=O) groups is 4. The normalized spacial score (nSPS) is 14.7.